The van der Waals surface area contributed by atoms with E-state index in [-0.39, 0.29) is 5.91 Å². The van der Waals surface area contributed by atoms with Gasteiger partial charge in [0.2, 0.25) is 5.91 Å². The Morgan fingerprint density at radius 2 is 1.96 bits per heavy atom. The van der Waals surface area contributed by atoms with Crippen LogP contribution < -0.4 is 10.2 Å². The van der Waals surface area contributed by atoms with Crippen molar-refractivity contribution >= 4 is 23.4 Å². The van der Waals surface area contributed by atoms with E-state index in [9.17, 15) is 9.59 Å². The second-order valence-corrected chi connectivity index (χ2v) is 7.31. The molecule has 2 amide bonds. The molecule has 140 valence electrons. The summed E-state index contributed by atoms with van der Waals surface area (Å²) in [5.41, 5.74) is 3.08. The summed E-state index contributed by atoms with van der Waals surface area (Å²) in [5.74, 6) is 0.00690. The third-order valence-corrected chi connectivity index (χ3v) is 5.58. The number of nitrogens with one attached hydrogen (secondary N) is 1. The Morgan fingerprint density at radius 3 is 2.67 bits per heavy atom. The molecule has 1 heterocycles. The first-order valence-electron chi connectivity index (χ1n) is 8.80. The van der Waals surface area contributed by atoms with Crippen molar-refractivity contribution in [1.82, 2.24) is 10.4 Å². The Bertz CT molecular complexity index is 911. The predicted molar refractivity (Wildman–Crippen MR) is 99.0 cm³/mol. The lowest BCUT2D eigenvalue weighted by Crippen LogP contribution is -2.40. The summed E-state index contributed by atoms with van der Waals surface area (Å²) in [6.07, 6.45) is 1.57. The third kappa shape index (κ3) is 3.15. The number of fused-ring (bicyclic) bond motifs is 1. The predicted octanol–water partition coefficient (Wildman–Crippen LogP) is 2.91. The molecule has 6 nitrogen and oxygen atoms in total. The van der Waals surface area contributed by atoms with Crippen molar-refractivity contribution in [3.63, 3.8) is 0 Å². The van der Waals surface area contributed by atoms with Crippen molar-refractivity contribution in [1.29, 1.82) is 0 Å². The Morgan fingerprint density at radius 1 is 1.19 bits per heavy atom. The van der Waals surface area contributed by atoms with Gasteiger partial charge in [0.25, 0.3) is 5.91 Å². The van der Waals surface area contributed by atoms with Crippen LogP contribution >= 0.6 is 11.6 Å². The number of hydrogen-bond acceptors (Lipinski definition) is 4. The number of ether oxygens (including phenoxy) is 1. The van der Waals surface area contributed by atoms with Crippen LogP contribution in [0.25, 0.3) is 0 Å². The number of rotatable bonds is 3. The van der Waals surface area contributed by atoms with Gasteiger partial charge in [0, 0.05) is 22.7 Å². The molecule has 0 saturated heterocycles. The monoisotopic (exact) mass is 386 g/mol. The van der Waals surface area contributed by atoms with Crippen molar-refractivity contribution in [2.45, 2.75) is 24.8 Å². The number of nitrogens with zero attached hydrogens (tertiary/aromatic N) is 1. The van der Waals surface area contributed by atoms with Crippen LogP contribution in [0.3, 0.4) is 0 Å². The van der Waals surface area contributed by atoms with E-state index in [1.807, 2.05) is 24.3 Å². The van der Waals surface area contributed by atoms with Crippen molar-refractivity contribution < 1.29 is 19.5 Å². The average Bonchev–Trinajstić information content (AvgIpc) is 3.50. The molecule has 0 radical (unpaired) electrons. The highest BCUT2D eigenvalue weighted by Crippen LogP contribution is 2.52. The molecule has 0 atom stereocenters. The lowest BCUT2D eigenvalue weighted by Gasteiger charge is -2.26. The Kier molecular flexibility index (Phi) is 4.53. The number of carbonyl (C=O) groups excluding carboxylic acids is 2. The molecule has 2 aliphatic rings. The van der Waals surface area contributed by atoms with Crippen LogP contribution in [0.4, 0.5) is 0 Å². The summed E-state index contributed by atoms with van der Waals surface area (Å²) >= 11 is 6.35. The SMILES string of the molecule is O=C(NO)c1ccc2c(c1)OCCN(C(=O)C1(c3ccccc3Cl)CC1)C2. The molecule has 2 aromatic carbocycles. The Hall–Kier alpha value is -2.57. The molecule has 2 N–H and O–H groups in total. The second-order valence-electron chi connectivity index (χ2n) is 6.90. The molecule has 0 bridgehead atoms. The van der Waals surface area contributed by atoms with Crippen LogP contribution in [0.5, 0.6) is 5.75 Å². The van der Waals surface area contributed by atoms with Crippen LogP contribution in [0, 0.1) is 0 Å². The lowest BCUT2D eigenvalue weighted by atomic mass is 9.94. The van der Waals surface area contributed by atoms with Crippen molar-refractivity contribution in [3.05, 3.63) is 64.2 Å². The average molecular weight is 387 g/mol. The summed E-state index contributed by atoms with van der Waals surface area (Å²) in [6.45, 7) is 1.20. The van der Waals surface area contributed by atoms with Gasteiger partial charge in [-0.1, -0.05) is 35.9 Å². The number of hydrogen-bond donors (Lipinski definition) is 2. The normalized spacial score (nSPS) is 17.3. The van der Waals surface area contributed by atoms with Gasteiger partial charge in [-0.05, 0) is 36.6 Å². The topological polar surface area (TPSA) is 78.9 Å². The highest BCUT2D eigenvalue weighted by Gasteiger charge is 2.54. The standard InChI is InChI=1S/C20H19ClN2O4/c21-16-4-2-1-3-15(16)20(7-8-20)19(25)23-9-10-27-17-11-13(18(24)22-26)5-6-14(17)12-23/h1-6,11,26H,7-10,12H2,(H,22,24). The first kappa shape index (κ1) is 17.8. The Balaban J connectivity index is 1.60. The van der Waals surface area contributed by atoms with Crippen molar-refractivity contribution in [2.75, 3.05) is 13.2 Å². The van der Waals surface area contributed by atoms with Gasteiger partial charge in [0.1, 0.15) is 12.4 Å². The number of benzene rings is 2. The summed E-state index contributed by atoms with van der Waals surface area (Å²) < 4.78 is 5.75. The fourth-order valence-electron chi connectivity index (χ4n) is 3.62. The summed E-state index contributed by atoms with van der Waals surface area (Å²) in [6, 6.07) is 12.4. The van der Waals surface area contributed by atoms with E-state index in [4.69, 9.17) is 21.5 Å². The number of hydroxylamine groups is 1. The quantitative estimate of drug-likeness (QED) is 0.628. The zero-order chi connectivity index (χ0) is 19.0. The maximum atomic E-state index is 13.3. The molecule has 7 heteroatoms. The Labute approximate surface area is 161 Å². The minimum Gasteiger partial charge on any atom is -0.491 e. The minimum atomic E-state index is -0.603. The highest BCUT2D eigenvalue weighted by molar-refractivity contribution is 6.31. The molecular weight excluding hydrogens is 368 g/mol. The van der Waals surface area contributed by atoms with Crippen molar-refractivity contribution in [3.8, 4) is 5.75 Å². The minimum absolute atomic E-state index is 0.0595. The summed E-state index contributed by atoms with van der Waals surface area (Å²) in [7, 11) is 0. The molecule has 4 rings (SSSR count). The molecule has 1 aliphatic carbocycles. The second kappa shape index (κ2) is 6.87. The van der Waals surface area contributed by atoms with Gasteiger partial charge < -0.3 is 9.64 Å². The number of amides is 2. The molecule has 2 aromatic rings. The van der Waals surface area contributed by atoms with Gasteiger partial charge in [0.15, 0.2) is 0 Å². The van der Waals surface area contributed by atoms with E-state index in [1.54, 1.807) is 28.6 Å². The van der Waals surface area contributed by atoms with Gasteiger partial charge in [-0.3, -0.25) is 14.8 Å². The van der Waals surface area contributed by atoms with Gasteiger partial charge >= 0.3 is 0 Å². The largest absolute Gasteiger partial charge is 0.491 e. The maximum absolute atomic E-state index is 13.3. The van der Waals surface area contributed by atoms with Crippen LogP contribution in [-0.4, -0.2) is 35.1 Å². The van der Waals surface area contributed by atoms with E-state index < -0.39 is 11.3 Å². The molecule has 0 aromatic heterocycles. The molecule has 27 heavy (non-hydrogen) atoms. The smallest absolute Gasteiger partial charge is 0.274 e. The fourth-order valence-corrected chi connectivity index (χ4v) is 3.94. The van der Waals surface area contributed by atoms with Gasteiger partial charge in [0.05, 0.1) is 12.0 Å². The van der Waals surface area contributed by atoms with E-state index in [1.165, 1.54) is 0 Å². The summed E-state index contributed by atoms with van der Waals surface area (Å²) in [5, 5.41) is 9.41. The van der Waals surface area contributed by atoms with Crippen LogP contribution in [0.15, 0.2) is 42.5 Å². The molecule has 0 unspecified atom stereocenters. The zero-order valence-electron chi connectivity index (χ0n) is 14.6. The van der Waals surface area contributed by atoms with Gasteiger partial charge in [-0.2, -0.15) is 0 Å². The lowest BCUT2D eigenvalue weighted by molar-refractivity contribution is -0.134. The van der Waals surface area contributed by atoms with E-state index in [2.05, 4.69) is 0 Å². The third-order valence-electron chi connectivity index (χ3n) is 5.25. The maximum Gasteiger partial charge on any atom is 0.274 e. The first-order chi connectivity index (χ1) is 13.0. The van der Waals surface area contributed by atoms with E-state index in [0.29, 0.717) is 36.0 Å². The molecule has 0 spiro atoms. The van der Waals surface area contributed by atoms with Crippen molar-refractivity contribution in [2.24, 2.45) is 0 Å². The summed E-state index contributed by atoms with van der Waals surface area (Å²) in [4.78, 5) is 26.7. The van der Waals surface area contributed by atoms with E-state index in [0.717, 1.165) is 24.0 Å². The van der Waals surface area contributed by atoms with Gasteiger partial charge in [-0.25, -0.2) is 5.48 Å². The molecule has 1 aliphatic heterocycles. The first-order valence-corrected chi connectivity index (χ1v) is 9.17. The fraction of sp³-hybridized carbons (Fsp3) is 0.300. The van der Waals surface area contributed by atoms with Gasteiger partial charge in [-0.15, -0.1) is 0 Å². The molecular formula is C20H19ClN2O4. The number of halogens is 1. The van der Waals surface area contributed by atoms with E-state index >= 15 is 0 Å². The highest BCUT2D eigenvalue weighted by atomic mass is 35.5. The zero-order valence-corrected chi connectivity index (χ0v) is 15.3. The number of carbonyl (C=O) groups is 2. The molecule has 1 fully saturated rings. The van der Waals surface area contributed by atoms with Crippen LogP contribution in [0.2, 0.25) is 5.02 Å². The van der Waals surface area contributed by atoms with Crippen LogP contribution in [0.1, 0.15) is 34.3 Å². The molecule has 1 saturated carbocycles. The van der Waals surface area contributed by atoms with Crippen LogP contribution in [-0.2, 0) is 16.8 Å².